The lowest BCUT2D eigenvalue weighted by Crippen LogP contribution is -2.62. The zero-order valence-corrected chi connectivity index (χ0v) is 78.2. The van der Waals surface area contributed by atoms with Crippen LogP contribution in [-0.4, -0.2) is 298 Å². The molecule has 1 aliphatic rings. The molecule has 5 aromatic rings. The van der Waals surface area contributed by atoms with Crippen LogP contribution in [0.3, 0.4) is 0 Å². The number of nitrogens with one attached hydrogen (secondary N) is 16. The van der Waals surface area contributed by atoms with Crippen molar-refractivity contribution >= 4 is 165 Å². The number of aliphatic hydroxyl groups is 2. The largest absolute Gasteiger partial charge is 0.508 e. The van der Waals surface area contributed by atoms with E-state index in [0.29, 0.717) is 32.9 Å². The number of amides is 17. The number of carbonyl (C=O) groups excluding carboxylic acids is 17. The minimum absolute atomic E-state index is 0.0528. The number of fused-ring (bicyclic) bond motifs is 2. The monoisotopic (exact) mass is 1960 g/mol. The van der Waals surface area contributed by atoms with Crippen LogP contribution in [0.1, 0.15) is 135 Å². The molecule has 49 heteroatoms. The van der Waals surface area contributed by atoms with Gasteiger partial charge in [0.15, 0.2) is 0 Å². The van der Waals surface area contributed by atoms with Crippen molar-refractivity contribution in [2.75, 3.05) is 37.8 Å². The Bertz CT molecular complexity index is 5110. The Kier molecular flexibility index (Phi) is 45.0. The smallest absolute Gasteiger partial charge is 0.326 e. The number of likely N-dealkylation sites (tertiary alicyclic amines) is 1. The lowest BCUT2D eigenvalue weighted by Gasteiger charge is -2.30. The Morgan fingerprint density at radius 3 is 1.26 bits per heavy atom. The molecule has 0 spiro atoms. The standard InChI is InChI=1S/C88H125N21O26S2/c1-42(2)30-61(88(134)135)102-84(130)66-19-13-29-109(66)87(133)60(35-68(92)114)101-83(129)64(40-136)105-81(127)63(39-111)104-77(123)58(32-46-36-93-52-16-9-7-14-49(46)52)100-75(121)55(24-26-67(91)113)95-80(126)62(38-110)103-74(120)54(18-11-12-28-89)97-85(131)71(43(3)4)107-78(124)57(31-45-20-22-48(112)23-21-45)99-76(122)56(25-27-69(115)116)96-82(128)65(41-137)106-86(132)72(44(5)6)108-79(125)59(98-73(119)51(90)34-70(117)118)33-47-37-94-53-17-10-8-15-50(47)53/h7-10,14-17,20-23,36-37,42-44,51,54-66,71-72,93-94,110-112,136-137H,11-13,18-19,24-35,38-41,89-90H2,1-6H3,(H2,91,113)(H2,92,114)(H,95,126)(H,96,128)(H,97,131)(H,98,119)(H,99,122)(H,100,121)(H,101,129)(H,102,130)(H,103,120)(H,104,123)(H,105,127)(H,106,132)(H,107,124)(H,108,125)(H,115,116)(H,117,118)(H,134,135)/t51-,54-,55-,56-,57-,58-,59-,60-,61-,62-,63-,64-,65-,66-,71-,72-/m0/s1. The van der Waals surface area contributed by atoms with Gasteiger partial charge in [-0.05, 0) is 117 Å². The van der Waals surface area contributed by atoms with E-state index in [2.05, 4.69) is 110 Å². The fourth-order valence-electron chi connectivity index (χ4n) is 14.9. The molecular weight excluding hydrogens is 1830 g/mol. The number of hydrogen-bond donors (Lipinski definition) is 28. The molecule has 3 heterocycles. The third kappa shape index (κ3) is 35.0. The molecule has 17 amide bonds. The van der Waals surface area contributed by atoms with Crippen molar-refractivity contribution in [1.82, 2.24) is 89.3 Å². The fourth-order valence-corrected chi connectivity index (χ4v) is 15.4. The van der Waals surface area contributed by atoms with Crippen molar-refractivity contribution < 1.29 is 127 Å². The van der Waals surface area contributed by atoms with Gasteiger partial charge in [-0.2, -0.15) is 25.3 Å². The zero-order valence-electron chi connectivity index (χ0n) is 76.4. The number of unbranched alkanes of at least 4 members (excludes halogenated alkanes) is 1. The number of thiol groups is 2. The Hall–Kier alpha value is -13.5. The van der Waals surface area contributed by atoms with Crippen molar-refractivity contribution in [3.05, 3.63) is 102 Å². The molecule has 0 saturated carbocycles. The van der Waals surface area contributed by atoms with Gasteiger partial charge < -0.3 is 143 Å². The summed E-state index contributed by atoms with van der Waals surface area (Å²) in [6.07, 6.45) is -1.75. The van der Waals surface area contributed by atoms with E-state index in [9.17, 15) is 127 Å². The molecule has 0 aliphatic carbocycles. The second-order valence-electron chi connectivity index (χ2n) is 34.2. The number of carboxylic acid groups (broad SMARTS) is 3. The number of aromatic hydroxyl groups is 1. The number of para-hydroxylation sites is 2. The van der Waals surface area contributed by atoms with Gasteiger partial charge in [0.25, 0.3) is 0 Å². The number of aromatic amines is 2. The number of H-pyrrole nitrogens is 2. The van der Waals surface area contributed by atoms with E-state index in [1.807, 2.05) is 0 Å². The highest BCUT2D eigenvalue weighted by atomic mass is 32.1. The van der Waals surface area contributed by atoms with Crippen molar-refractivity contribution in [3.8, 4) is 5.75 Å². The number of aliphatic carboxylic acids is 3. The van der Waals surface area contributed by atoms with Gasteiger partial charge in [0.1, 0.15) is 96.4 Å². The normalized spacial score (nSPS) is 15.7. The summed E-state index contributed by atoms with van der Waals surface area (Å²) in [4.78, 5) is 282. The lowest BCUT2D eigenvalue weighted by molar-refractivity contribution is -0.145. The minimum atomic E-state index is -2.00. The summed E-state index contributed by atoms with van der Waals surface area (Å²) >= 11 is 8.47. The van der Waals surface area contributed by atoms with E-state index in [-0.39, 0.29) is 75.3 Å². The first kappa shape index (κ1) is 112. The highest BCUT2D eigenvalue weighted by molar-refractivity contribution is 7.80. The molecule has 16 atom stereocenters. The molecular formula is C88H125N21O26S2. The number of carboxylic acids is 3. The van der Waals surface area contributed by atoms with Crippen LogP contribution in [0.4, 0.5) is 0 Å². The van der Waals surface area contributed by atoms with Gasteiger partial charge in [-0.1, -0.05) is 90.1 Å². The Morgan fingerprint density at radius 1 is 0.431 bits per heavy atom. The first-order valence-corrected chi connectivity index (χ1v) is 45.6. The summed E-state index contributed by atoms with van der Waals surface area (Å²) in [6, 6.07) is -7.69. The number of phenolic OH excluding ortho intramolecular Hbond substituents is 1. The van der Waals surface area contributed by atoms with E-state index in [0.717, 1.165) is 4.90 Å². The van der Waals surface area contributed by atoms with Crippen LogP contribution in [0.25, 0.3) is 21.8 Å². The molecule has 750 valence electrons. The fraction of sp³-hybridized carbons (Fsp3) is 0.523. The molecule has 0 radical (unpaired) electrons. The summed E-state index contributed by atoms with van der Waals surface area (Å²) in [5, 5.41) is 96.1. The Labute approximate surface area is 798 Å². The highest BCUT2D eigenvalue weighted by Crippen LogP contribution is 2.25. The molecule has 2 aromatic heterocycles. The second kappa shape index (κ2) is 54.9. The molecule has 6 rings (SSSR count). The molecule has 30 N–H and O–H groups in total. The summed E-state index contributed by atoms with van der Waals surface area (Å²) < 4.78 is 0. The number of rotatable bonds is 58. The second-order valence-corrected chi connectivity index (χ2v) is 34.9. The van der Waals surface area contributed by atoms with Gasteiger partial charge in [0, 0.05) is 84.4 Å². The van der Waals surface area contributed by atoms with E-state index in [1.165, 1.54) is 58.2 Å². The topological polar surface area (TPSA) is 770 Å². The van der Waals surface area contributed by atoms with E-state index in [1.54, 1.807) is 68.6 Å². The number of hydrogen-bond acceptors (Lipinski definition) is 27. The van der Waals surface area contributed by atoms with E-state index < -0.39 is 303 Å². The third-order valence-corrected chi connectivity index (χ3v) is 23.0. The van der Waals surface area contributed by atoms with Crippen LogP contribution in [0.2, 0.25) is 0 Å². The quantitative estimate of drug-likeness (QED) is 0.0127. The molecule has 3 aromatic carbocycles. The molecule has 1 fully saturated rings. The Balaban J connectivity index is 1.19. The average molecular weight is 1960 g/mol. The number of benzene rings is 3. The van der Waals surface area contributed by atoms with E-state index >= 15 is 0 Å². The predicted molar refractivity (Wildman–Crippen MR) is 498 cm³/mol. The molecule has 0 unspecified atom stereocenters. The van der Waals surface area contributed by atoms with Gasteiger partial charge in [0.2, 0.25) is 100 Å². The zero-order chi connectivity index (χ0) is 102. The first-order valence-electron chi connectivity index (χ1n) is 44.4. The number of phenols is 1. The van der Waals surface area contributed by atoms with Crippen LogP contribution in [0.15, 0.2) is 85.2 Å². The van der Waals surface area contributed by atoms with Crippen molar-refractivity contribution in [3.63, 3.8) is 0 Å². The maximum Gasteiger partial charge on any atom is 0.326 e. The first-order chi connectivity index (χ1) is 64.8. The summed E-state index contributed by atoms with van der Waals surface area (Å²) in [5.74, 6) is -25.7. The van der Waals surface area contributed by atoms with Gasteiger partial charge in [-0.3, -0.25) is 91.1 Å². The SMILES string of the molecule is CC(C)C[C@H](NC(=O)[C@@H]1CCCN1C(=O)[C@H](CC(N)=O)NC(=O)[C@H](CS)NC(=O)[C@H](CO)NC(=O)[C@H](Cc1c[nH]c2ccccc12)NC(=O)[C@H](CCC(N)=O)NC(=O)[C@H](CO)NC(=O)[C@H](CCCCN)NC(=O)[C@@H](NC(=O)[C@H](Cc1ccc(O)cc1)NC(=O)[C@H](CCC(=O)O)NC(=O)[C@H](CS)NC(=O)[C@@H](NC(=O)[C@H](Cc1c[nH]c2ccccc12)NC(=O)[C@@H](N)CC(=O)O)C(C)C)C(C)C)C(=O)O. The van der Waals surface area contributed by atoms with Crippen molar-refractivity contribution in [2.24, 2.45) is 40.7 Å². The van der Waals surface area contributed by atoms with Gasteiger partial charge in [0.05, 0.1) is 32.1 Å². The van der Waals surface area contributed by atoms with Crippen LogP contribution in [-0.2, 0) is 115 Å². The number of nitrogens with zero attached hydrogens (tertiary/aromatic N) is 1. The summed E-state index contributed by atoms with van der Waals surface area (Å²) in [5.41, 5.74) is 25.2. The molecule has 47 nitrogen and oxygen atoms in total. The van der Waals surface area contributed by atoms with Crippen molar-refractivity contribution in [1.29, 1.82) is 0 Å². The van der Waals surface area contributed by atoms with Crippen LogP contribution in [0, 0.1) is 17.8 Å². The lowest BCUT2D eigenvalue weighted by atomic mass is 9.99. The van der Waals surface area contributed by atoms with E-state index in [4.69, 9.17) is 22.9 Å². The molecule has 137 heavy (non-hydrogen) atoms. The molecule has 1 aliphatic heterocycles. The summed E-state index contributed by atoms with van der Waals surface area (Å²) in [7, 11) is 0. The molecule has 0 bridgehead atoms. The third-order valence-electron chi connectivity index (χ3n) is 22.3. The number of primary amides is 2. The van der Waals surface area contributed by atoms with Gasteiger partial charge in [-0.15, -0.1) is 0 Å². The van der Waals surface area contributed by atoms with Gasteiger partial charge >= 0.3 is 17.9 Å². The van der Waals surface area contributed by atoms with Gasteiger partial charge in [-0.25, -0.2) is 4.79 Å². The highest BCUT2D eigenvalue weighted by Gasteiger charge is 2.43. The number of aromatic nitrogens is 2. The summed E-state index contributed by atoms with van der Waals surface area (Å²) in [6.45, 7) is 7.13. The van der Waals surface area contributed by atoms with Crippen LogP contribution >= 0.6 is 25.3 Å². The molecule has 1 saturated heterocycles. The van der Waals surface area contributed by atoms with Crippen LogP contribution in [0.5, 0.6) is 5.75 Å². The minimum Gasteiger partial charge on any atom is -0.508 e. The number of nitrogens with two attached hydrogens (primary N) is 4. The Morgan fingerprint density at radius 2 is 0.825 bits per heavy atom. The number of aliphatic hydroxyl groups excluding tert-OH is 2. The van der Waals surface area contributed by atoms with Crippen LogP contribution < -0.4 is 97.4 Å². The van der Waals surface area contributed by atoms with Crippen molar-refractivity contribution in [2.45, 2.75) is 235 Å². The maximum absolute atomic E-state index is 14.9. The maximum atomic E-state index is 14.9. The number of carbonyl (C=O) groups is 20. The average Bonchev–Trinajstić information content (AvgIpc) is 1.68. The predicted octanol–water partition coefficient (Wildman–Crippen LogP) is -5.62.